The molecular weight excluding hydrogens is 403 g/mol. The molecule has 3 rings (SSSR count). The summed E-state index contributed by atoms with van der Waals surface area (Å²) in [6, 6.07) is 13.7. The number of carbonyl (C=O) groups excluding carboxylic acids is 1. The van der Waals surface area contributed by atoms with Crippen LogP contribution in [0.1, 0.15) is 0 Å². The highest BCUT2D eigenvalue weighted by molar-refractivity contribution is 7.99. The molecule has 1 aromatic heterocycles. The minimum Gasteiger partial charge on any atom is -0.383 e. The highest BCUT2D eigenvalue weighted by atomic mass is 35.5. The standard InChI is InChI=1S/C19H18ClFN4O2S/c1-27-10-9-25-18(13-5-3-2-4-6-13)23-24-19(25)28-12-17(26)22-14-7-8-16(21)15(20)11-14/h2-8,11H,9-10,12H2,1H3,(H,22,26). The smallest absolute Gasteiger partial charge is 0.234 e. The lowest BCUT2D eigenvalue weighted by Crippen LogP contribution is -2.15. The Bertz CT molecular complexity index is 952. The van der Waals surface area contributed by atoms with E-state index < -0.39 is 5.82 Å². The average Bonchev–Trinajstić information content (AvgIpc) is 3.11. The Kier molecular flexibility index (Phi) is 7.02. The van der Waals surface area contributed by atoms with Gasteiger partial charge < -0.3 is 10.1 Å². The van der Waals surface area contributed by atoms with Crippen LogP contribution in [0.4, 0.5) is 10.1 Å². The van der Waals surface area contributed by atoms with Crippen LogP contribution in [0.5, 0.6) is 0 Å². The zero-order valence-electron chi connectivity index (χ0n) is 15.1. The van der Waals surface area contributed by atoms with Gasteiger partial charge in [0.15, 0.2) is 11.0 Å². The highest BCUT2D eigenvalue weighted by Gasteiger charge is 2.15. The lowest BCUT2D eigenvalue weighted by atomic mass is 10.2. The van der Waals surface area contributed by atoms with Crippen LogP contribution < -0.4 is 5.32 Å². The Balaban J connectivity index is 1.70. The first kappa shape index (κ1) is 20.3. The largest absolute Gasteiger partial charge is 0.383 e. The molecule has 0 radical (unpaired) electrons. The van der Waals surface area contributed by atoms with Gasteiger partial charge in [-0.05, 0) is 18.2 Å². The molecule has 0 fully saturated rings. The third kappa shape index (κ3) is 5.09. The summed E-state index contributed by atoms with van der Waals surface area (Å²) >= 11 is 7.00. The van der Waals surface area contributed by atoms with E-state index in [1.165, 1.54) is 30.0 Å². The number of nitrogens with zero attached hydrogens (tertiary/aromatic N) is 3. The Morgan fingerprint density at radius 3 is 2.75 bits per heavy atom. The fraction of sp³-hybridized carbons (Fsp3) is 0.211. The summed E-state index contributed by atoms with van der Waals surface area (Å²) in [6.07, 6.45) is 0. The summed E-state index contributed by atoms with van der Waals surface area (Å²) in [5.74, 6) is 0.0457. The van der Waals surface area contributed by atoms with Crippen molar-refractivity contribution in [3.63, 3.8) is 0 Å². The van der Waals surface area contributed by atoms with E-state index in [1.807, 2.05) is 34.9 Å². The SMILES string of the molecule is COCCn1c(SCC(=O)Nc2ccc(F)c(Cl)c2)nnc1-c1ccccc1. The first-order valence-electron chi connectivity index (χ1n) is 8.43. The van der Waals surface area contributed by atoms with Crippen LogP contribution in [0.15, 0.2) is 53.7 Å². The molecule has 0 unspecified atom stereocenters. The normalized spacial score (nSPS) is 10.8. The Morgan fingerprint density at radius 1 is 1.25 bits per heavy atom. The van der Waals surface area contributed by atoms with Gasteiger partial charge in [0.2, 0.25) is 5.91 Å². The molecular formula is C19H18ClFN4O2S. The van der Waals surface area contributed by atoms with Crippen molar-refractivity contribution >= 4 is 35.0 Å². The van der Waals surface area contributed by atoms with Crippen molar-refractivity contribution in [2.75, 3.05) is 24.8 Å². The second-order valence-electron chi connectivity index (χ2n) is 5.78. The lowest BCUT2D eigenvalue weighted by Gasteiger charge is -2.10. The van der Waals surface area contributed by atoms with E-state index in [0.717, 1.165) is 5.56 Å². The van der Waals surface area contributed by atoms with E-state index in [9.17, 15) is 9.18 Å². The van der Waals surface area contributed by atoms with Crippen LogP contribution >= 0.6 is 23.4 Å². The molecule has 0 spiro atoms. The van der Waals surface area contributed by atoms with Crippen LogP contribution in [0.2, 0.25) is 5.02 Å². The van der Waals surface area contributed by atoms with E-state index >= 15 is 0 Å². The molecule has 1 N–H and O–H groups in total. The number of hydrogen-bond donors (Lipinski definition) is 1. The van der Waals surface area contributed by atoms with Crippen molar-refractivity contribution in [2.45, 2.75) is 11.7 Å². The number of amides is 1. The van der Waals surface area contributed by atoms with E-state index in [4.69, 9.17) is 16.3 Å². The number of rotatable bonds is 8. The van der Waals surface area contributed by atoms with Crippen molar-refractivity contribution in [1.82, 2.24) is 14.8 Å². The molecule has 0 aliphatic rings. The summed E-state index contributed by atoms with van der Waals surface area (Å²) < 4.78 is 20.3. The second-order valence-corrected chi connectivity index (χ2v) is 7.13. The van der Waals surface area contributed by atoms with Crippen molar-refractivity contribution in [2.24, 2.45) is 0 Å². The Labute approximate surface area is 171 Å². The van der Waals surface area contributed by atoms with Gasteiger partial charge in [0.25, 0.3) is 0 Å². The molecule has 1 amide bonds. The minimum atomic E-state index is -0.534. The molecule has 0 bridgehead atoms. The number of aromatic nitrogens is 3. The van der Waals surface area contributed by atoms with E-state index in [1.54, 1.807) is 7.11 Å². The molecule has 6 nitrogen and oxygen atoms in total. The predicted molar refractivity (Wildman–Crippen MR) is 108 cm³/mol. The summed E-state index contributed by atoms with van der Waals surface area (Å²) in [7, 11) is 1.63. The maximum atomic E-state index is 13.2. The number of ether oxygens (including phenoxy) is 1. The Hall–Kier alpha value is -2.42. The molecule has 9 heteroatoms. The number of halogens is 2. The van der Waals surface area contributed by atoms with Gasteiger partial charge in [-0.2, -0.15) is 0 Å². The van der Waals surface area contributed by atoms with Gasteiger partial charge >= 0.3 is 0 Å². The van der Waals surface area contributed by atoms with Gasteiger partial charge in [-0.1, -0.05) is 53.7 Å². The van der Waals surface area contributed by atoms with E-state index in [-0.39, 0.29) is 16.7 Å². The number of hydrogen-bond acceptors (Lipinski definition) is 5. The van der Waals surface area contributed by atoms with E-state index in [2.05, 4.69) is 15.5 Å². The highest BCUT2D eigenvalue weighted by Crippen LogP contribution is 2.24. The second kappa shape index (κ2) is 9.68. The van der Waals surface area contributed by atoms with Crippen molar-refractivity contribution < 1.29 is 13.9 Å². The van der Waals surface area contributed by atoms with Gasteiger partial charge in [0, 0.05) is 18.4 Å². The third-order valence-electron chi connectivity index (χ3n) is 3.80. The van der Waals surface area contributed by atoms with Crippen LogP contribution in [0, 0.1) is 5.82 Å². The summed E-state index contributed by atoms with van der Waals surface area (Å²) in [5, 5.41) is 11.7. The molecule has 0 aliphatic heterocycles. The number of thioether (sulfide) groups is 1. The van der Waals surface area contributed by atoms with Crippen LogP contribution in [0.3, 0.4) is 0 Å². The number of methoxy groups -OCH3 is 1. The quantitative estimate of drug-likeness (QED) is 0.555. The van der Waals surface area contributed by atoms with Gasteiger partial charge in [0.1, 0.15) is 5.82 Å². The third-order valence-corrected chi connectivity index (χ3v) is 5.06. The van der Waals surface area contributed by atoms with Gasteiger partial charge in [-0.15, -0.1) is 10.2 Å². The fourth-order valence-electron chi connectivity index (χ4n) is 2.48. The zero-order chi connectivity index (χ0) is 19.9. The molecule has 0 aliphatic carbocycles. The lowest BCUT2D eigenvalue weighted by molar-refractivity contribution is -0.113. The molecule has 146 valence electrons. The monoisotopic (exact) mass is 420 g/mol. The zero-order valence-corrected chi connectivity index (χ0v) is 16.6. The Morgan fingerprint density at radius 2 is 2.04 bits per heavy atom. The van der Waals surface area contributed by atoms with Crippen molar-refractivity contribution in [3.05, 3.63) is 59.4 Å². The first-order valence-corrected chi connectivity index (χ1v) is 9.80. The maximum absolute atomic E-state index is 13.2. The van der Waals surface area contributed by atoms with Gasteiger partial charge in [0.05, 0.1) is 23.9 Å². The molecule has 1 heterocycles. The summed E-state index contributed by atoms with van der Waals surface area (Å²) in [6.45, 7) is 1.05. The molecule has 0 atom stereocenters. The predicted octanol–water partition coefficient (Wildman–Crippen LogP) is 4.11. The van der Waals surface area contributed by atoms with Crippen LogP contribution in [-0.2, 0) is 16.1 Å². The minimum absolute atomic E-state index is 0.0442. The maximum Gasteiger partial charge on any atom is 0.234 e. The van der Waals surface area contributed by atoms with Crippen molar-refractivity contribution in [1.29, 1.82) is 0 Å². The number of nitrogens with one attached hydrogen (secondary N) is 1. The fourth-order valence-corrected chi connectivity index (χ4v) is 3.43. The number of benzene rings is 2. The first-order chi connectivity index (χ1) is 13.6. The molecule has 0 saturated heterocycles. The topological polar surface area (TPSA) is 69.0 Å². The van der Waals surface area contributed by atoms with Gasteiger partial charge in [-0.25, -0.2) is 4.39 Å². The molecule has 0 saturated carbocycles. The molecule has 2 aromatic carbocycles. The summed E-state index contributed by atoms with van der Waals surface area (Å²) in [4.78, 5) is 12.2. The van der Waals surface area contributed by atoms with Crippen molar-refractivity contribution in [3.8, 4) is 11.4 Å². The molecule has 28 heavy (non-hydrogen) atoms. The van der Waals surface area contributed by atoms with Crippen LogP contribution in [-0.4, -0.2) is 40.1 Å². The number of anilines is 1. The van der Waals surface area contributed by atoms with E-state index in [0.29, 0.717) is 29.8 Å². The summed E-state index contributed by atoms with van der Waals surface area (Å²) in [5.41, 5.74) is 1.37. The number of carbonyl (C=O) groups is 1. The molecule has 3 aromatic rings. The van der Waals surface area contributed by atoms with Crippen LogP contribution in [0.25, 0.3) is 11.4 Å². The van der Waals surface area contributed by atoms with Gasteiger partial charge in [-0.3, -0.25) is 9.36 Å². The average molecular weight is 421 g/mol.